The van der Waals surface area contributed by atoms with Crippen LogP contribution < -0.4 is 10.6 Å². The summed E-state index contributed by atoms with van der Waals surface area (Å²) in [6, 6.07) is 0. The number of hydrogen-bond acceptors (Lipinski definition) is 3. The van der Waals surface area contributed by atoms with Crippen LogP contribution in [0.3, 0.4) is 0 Å². The average Bonchev–Trinajstić information content (AvgIpc) is 2.26. The zero-order valence-corrected chi connectivity index (χ0v) is 9.68. The average molecular weight is 214 g/mol. The van der Waals surface area contributed by atoms with E-state index in [-0.39, 0.29) is 11.3 Å². The van der Waals surface area contributed by atoms with E-state index in [9.17, 15) is 4.79 Å². The number of aliphatic hydroxyl groups is 1. The number of amides is 1. The second kappa shape index (κ2) is 5.47. The first-order valence-electron chi connectivity index (χ1n) is 5.78. The number of rotatable bonds is 4. The van der Waals surface area contributed by atoms with E-state index >= 15 is 0 Å². The van der Waals surface area contributed by atoms with Gasteiger partial charge in [-0.25, -0.2) is 0 Å². The van der Waals surface area contributed by atoms with Crippen molar-refractivity contribution in [1.82, 2.24) is 10.6 Å². The van der Waals surface area contributed by atoms with E-state index in [0.29, 0.717) is 6.54 Å². The topological polar surface area (TPSA) is 61.4 Å². The minimum atomic E-state index is -0.468. The molecule has 0 aromatic rings. The molecule has 88 valence electrons. The Kier molecular flexibility index (Phi) is 4.54. The summed E-state index contributed by atoms with van der Waals surface area (Å²) in [6.45, 7) is 5.93. The number of carbonyl (C=O) groups is 1. The van der Waals surface area contributed by atoms with E-state index < -0.39 is 6.10 Å². The van der Waals surface area contributed by atoms with Gasteiger partial charge in [-0.2, -0.15) is 0 Å². The molecule has 1 amide bonds. The standard InChI is InChI=1S/C11H22N2O2/c1-3-11(4-6-12-7-5-11)10(15)13-8-9(2)14/h9,12,14H,3-8H2,1-2H3,(H,13,15)/t9-/m1/s1. The number of piperidine rings is 1. The lowest BCUT2D eigenvalue weighted by Gasteiger charge is -2.35. The molecule has 0 unspecified atom stereocenters. The van der Waals surface area contributed by atoms with Gasteiger partial charge in [0, 0.05) is 6.54 Å². The first-order valence-corrected chi connectivity index (χ1v) is 5.78. The molecule has 15 heavy (non-hydrogen) atoms. The molecule has 1 aliphatic heterocycles. The van der Waals surface area contributed by atoms with Crippen LogP contribution in [-0.4, -0.2) is 36.8 Å². The van der Waals surface area contributed by atoms with E-state index in [2.05, 4.69) is 17.6 Å². The highest BCUT2D eigenvalue weighted by atomic mass is 16.3. The maximum atomic E-state index is 12.0. The van der Waals surface area contributed by atoms with Crippen LogP contribution in [0.25, 0.3) is 0 Å². The quantitative estimate of drug-likeness (QED) is 0.629. The molecule has 3 N–H and O–H groups in total. The fourth-order valence-electron chi connectivity index (χ4n) is 2.07. The summed E-state index contributed by atoms with van der Waals surface area (Å²) >= 11 is 0. The second-order valence-corrected chi connectivity index (χ2v) is 4.44. The molecule has 1 rings (SSSR count). The minimum absolute atomic E-state index is 0.104. The van der Waals surface area contributed by atoms with Crippen molar-refractivity contribution >= 4 is 5.91 Å². The third-order valence-corrected chi connectivity index (χ3v) is 3.28. The van der Waals surface area contributed by atoms with Crippen LogP contribution in [-0.2, 0) is 4.79 Å². The molecule has 0 aliphatic carbocycles. The minimum Gasteiger partial charge on any atom is -0.392 e. The van der Waals surface area contributed by atoms with Gasteiger partial charge >= 0.3 is 0 Å². The van der Waals surface area contributed by atoms with Crippen LogP contribution in [0.1, 0.15) is 33.1 Å². The molecule has 0 aromatic heterocycles. The summed E-state index contributed by atoms with van der Waals surface area (Å²) in [5.74, 6) is 0.104. The Morgan fingerprint density at radius 3 is 2.60 bits per heavy atom. The van der Waals surface area contributed by atoms with Crippen molar-refractivity contribution in [3.63, 3.8) is 0 Å². The monoisotopic (exact) mass is 214 g/mol. The van der Waals surface area contributed by atoms with Gasteiger partial charge in [-0.15, -0.1) is 0 Å². The third-order valence-electron chi connectivity index (χ3n) is 3.28. The Labute approximate surface area is 91.4 Å². The lowest BCUT2D eigenvalue weighted by atomic mass is 9.76. The van der Waals surface area contributed by atoms with Gasteiger partial charge in [0.25, 0.3) is 0 Å². The van der Waals surface area contributed by atoms with Crippen LogP contribution in [0.15, 0.2) is 0 Å². The SMILES string of the molecule is CCC1(C(=O)NC[C@@H](C)O)CCNCC1. The Morgan fingerprint density at radius 2 is 2.13 bits per heavy atom. The Bertz CT molecular complexity index is 211. The normalized spacial score (nSPS) is 22.1. The Balaban J connectivity index is 2.52. The van der Waals surface area contributed by atoms with Crippen molar-refractivity contribution in [3.05, 3.63) is 0 Å². The lowest BCUT2D eigenvalue weighted by molar-refractivity contribution is -0.133. The molecule has 0 spiro atoms. The van der Waals surface area contributed by atoms with Crippen molar-refractivity contribution in [2.45, 2.75) is 39.2 Å². The molecular weight excluding hydrogens is 192 g/mol. The highest BCUT2D eigenvalue weighted by Crippen LogP contribution is 2.32. The number of carbonyl (C=O) groups excluding carboxylic acids is 1. The van der Waals surface area contributed by atoms with E-state index in [1.165, 1.54) is 0 Å². The van der Waals surface area contributed by atoms with Gasteiger partial charge < -0.3 is 15.7 Å². The van der Waals surface area contributed by atoms with Gasteiger partial charge in [-0.05, 0) is 39.3 Å². The largest absolute Gasteiger partial charge is 0.392 e. The van der Waals surface area contributed by atoms with Gasteiger partial charge in [0.1, 0.15) is 0 Å². The summed E-state index contributed by atoms with van der Waals surface area (Å²) in [7, 11) is 0. The highest BCUT2D eigenvalue weighted by Gasteiger charge is 2.37. The molecule has 0 saturated carbocycles. The predicted octanol–water partition coefficient (Wildman–Crippen LogP) is 0.263. The van der Waals surface area contributed by atoms with Gasteiger partial charge in [-0.1, -0.05) is 6.92 Å². The number of nitrogens with one attached hydrogen (secondary N) is 2. The summed E-state index contributed by atoms with van der Waals surface area (Å²) < 4.78 is 0. The maximum Gasteiger partial charge on any atom is 0.226 e. The van der Waals surface area contributed by atoms with E-state index in [1.54, 1.807) is 6.92 Å². The summed E-state index contributed by atoms with van der Waals surface area (Å²) in [6.07, 6.45) is 2.20. The molecule has 1 aliphatic rings. The summed E-state index contributed by atoms with van der Waals surface area (Å²) in [5, 5.41) is 15.2. The van der Waals surface area contributed by atoms with Crippen molar-refractivity contribution in [3.8, 4) is 0 Å². The fraction of sp³-hybridized carbons (Fsp3) is 0.909. The molecule has 0 aromatic carbocycles. The molecule has 0 radical (unpaired) electrons. The fourth-order valence-corrected chi connectivity index (χ4v) is 2.07. The van der Waals surface area contributed by atoms with E-state index in [4.69, 9.17) is 5.11 Å². The second-order valence-electron chi connectivity index (χ2n) is 4.44. The van der Waals surface area contributed by atoms with Gasteiger partial charge in [0.2, 0.25) is 5.91 Å². The zero-order chi connectivity index (χ0) is 11.3. The third kappa shape index (κ3) is 3.18. The first-order chi connectivity index (χ1) is 7.10. The van der Waals surface area contributed by atoms with Crippen LogP contribution in [0, 0.1) is 5.41 Å². The number of aliphatic hydroxyl groups excluding tert-OH is 1. The van der Waals surface area contributed by atoms with Crippen molar-refractivity contribution in [1.29, 1.82) is 0 Å². The van der Waals surface area contributed by atoms with Gasteiger partial charge in [0.15, 0.2) is 0 Å². The molecule has 1 atom stereocenters. The van der Waals surface area contributed by atoms with Crippen LogP contribution in [0.5, 0.6) is 0 Å². The summed E-state index contributed by atoms with van der Waals surface area (Å²) in [5.41, 5.74) is -0.208. The highest BCUT2D eigenvalue weighted by molar-refractivity contribution is 5.82. The molecular formula is C11H22N2O2. The lowest BCUT2D eigenvalue weighted by Crippen LogP contribution is -2.48. The molecule has 1 heterocycles. The smallest absolute Gasteiger partial charge is 0.226 e. The molecule has 1 saturated heterocycles. The Morgan fingerprint density at radius 1 is 1.53 bits per heavy atom. The van der Waals surface area contributed by atoms with E-state index in [0.717, 1.165) is 32.4 Å². The maximum absolute atomic E-state index is 12.0. The molecule has 4 nitrogen and oxygen atoms in total. The first kappa shape index (κ1) is 12.5. The number of hydrogen-bond donors (Lipinski definition) is 3. The van der Waals surface area contributed by atoms with Crippen LogP contribution in [0.2, 0.25) is 0 Å². The Hall–Kier alpha value is -0.610. The van der Waals surface area contributed by atoms with Crippen molar-refractivity contribution < 1.29 is 9.90 Å². The molecule has 4 heteroatoms. The predicted molar refractivity (Wildman–Crippen MR) is 59.5 cm³/mol. The zero-order valence-electron chi connectivity index (χ0n) is 9.68. The van der Waals surface area contributed by atoms with Crippen molar-refractivity contribution in [2.24, 2.45) is 5.41 Å². The van der Waals surface area contributed by atoms with Gasteiger partial charge in [-0.3, -0.25) is 4.79 Å². The van der Waals surface area contributed by atoms with Gasteiger partial charge in [0.05, 0.1) is 11.5 Å². The van der Waals surface area contributed by atoms with Crippen LogP contribution >= 0.6 is 0 Å². The summed E-state index contributed by atoms with van der Waals surface area (Å²) in [4.78, 5) is 12.0. The molecule has 1 fully saturated rings. The van der Waals surface area contributed by atoms with E-state index in [1.807, 2.05) is 0 Å². The molecule has 0 bridgehead atoms. The van der Waals surface area contributed by atoms with Crippen LogP contribution in [0.4, 0.5) is 0 Å². The van der Waals surface area contributed by atoms with Crippen molar-refractivity contribution in [2.75, 3.05) is 19.6 Å².